The number of halogens is 1. The van der Waals surface area contributed by atoms with Crippen LogP contribution in [-0.4, -0.2) is 35.2 Å². The van der Waals surface area contributed by atoms with E-state index in [1.165, 1.54) is 4.90 Å². The Bertz CT molecular complexity index is 1040. The zero-order valence-corrected chi connectivity index (χ0v) is 17.7. The van der Waals surface area contributed by atoms with Crippen LogP contribution in [0.25, 0.3) is 11.1 Å². The van der Waals surface area contributed by atoms with Crippen molar-refractivity contribution in [3.63, 3.8) is 0 Å². The van der Waals surface area contributed by atoms with Crippen LogP contribution in [0.15, 0.2) is 77.3 Å². The number of carbonyl (C=O) groups excluding carboxylic acids is 1. The van der Waals surface area contributed by atoms with Crippen molar-refractivity contribution in [2.24, 2.45) is 0 Å². The molecule has 0 aliphatic heterocycles. The van der Waals surface area contributed by atoms with Crippen molar-refractivity contribution in [2.45, 2.75) is 12.5 Å². The maximum absolute atomic E-state index is 12.8. The summed E-state index contributed by atoms with van der Waals surface area (Å²) < 4.78 is 6.53. The summed E-state index contributed by atoms with van der Waals surface area (Å²) in [7, 11) is 0. The van der Waals surface area contributed by atoms with Crippen LogP contribution in [0.2, 0.25) is 0 Å². The highest BCUT2D eigenvalue weighted by Crippen LogP contribution is 2.44. The van der Waals surface area contributed by atoms with Crippen LogP contribution in [0.5, 0.6) is 0 Å². The van der Waals surface area contributed by atoms with E-state index in [-0.39, 0.29) is 19.1 Å². The minimum Gasteiger partial charge on any atom is -0.480 e. The summed E-state index contributed by atoms with van der Waals surface area (Å²) in [6.45, 7) is -0.105. The topological polar surface area (TPSA) is 66.8 Å². The quantitative estimate of drug-likeness (QED) is 0.537. The third kappa shape index (κ3) is 4.24. The van der Waals surface area contributed by atoms with Crippen LogP contribution >= 0.6 is 15.9 Å². The molecule has 3 aromatic rings. The molecule has 6 heteroatoms. The molecule has 0 heterocycles. The Morgan fingerprint density at radius 2 is 1.47 bits per heavy atom. The number of hydrogen-bond acceptors (Lipinski definition) is 3. The second-order valence-corrected chi connectivity index (χ2v) is 8.10. The average Bonchev–Trinajstić information content (AvgIpc) is 3.07. The van der Waals surface area contributed by atoms with Gasteiger partial charge in [-0.15, -0.1) is 0 Å². The molecular weight excluding hydrogens is 446 g/mol. The van der Waals surface area contributed by atoms with Gasteiger partial charge in [0.15, 0.2) is 0 Å². The molecule has 3 aromatic carbocycles. The zero-order valence-electron chi connectivity index (χ0n) is 16.1. The first-order valence-electron chi connectivity index (χ1n) is 9.59. The van der Waals surface area contributed by atoms with E-state index in [1.807, 2.05) is 60.7 Å². The van der Waals surface area contributed by atoms with E-state index in [2.05, 4.69) is 28.1 Å². The SMILES string of the molecule is O=C(O)CN(Cc1ccc(Br)cc1)C(=O)OCC1c2ccccc2-c2ccccc21. The minimum absolute atomic E-state index is 0.0688. The average molecular weight is 466 g/mol. The van der Waals surface area contributed by atoms with Gasteiger partial charge in [0.2, 0.25) is 0 Å². The lowest BCUT2D eigenvalue weighted by Gasteiger charge is -2.22. The number of amides is 1. The van der Waals surface area contributed by atoms with Gasteiger partial charge in [-0.3, -0.25) is 9.69 Å². The summed E-state index contributed by atoms with van der Waals surface area (Å²) in [6.07, 6.45) is -0.637. The maximum Gasteiger partial charge on any atom is 0.410 e. The third-order valence-corrected chi connectivity index (χ3v) is 5.74. The smallest absolute Gasteiger partial charge is 0.410 e. The van der Waals surface area contributed by atoms with Gasteiger partial charge in [0.25, 0.3) is 0 Å². The number of carboxylic acid groups (broad SMARTS) is 1. The van der Waals surface area contributed by atoms with Gasteiger partial charge in [-0.25, -0.2) is 4.79 Å². The van der Waals surface area contributed by atoms with E-state index in [9.17, 15) is 14.7 Å². The van der Waals surface area contributed by atoms with E-state index in [1.54, 1.807) is 0 Å². The second kappa shape index (κ2) is 8.71. The standard InChI is InChI=1S/C24H20BrNO4/c25-17-11-9-16(10-12-17)13-26(14-23(27)28)24(29)30-15-22-20-7-3-1-5-18(20)19-6-2-4-8-21(19)22/h1-12,22H,13-15H2,(H,27,28). The van der Waals surface area contributed by atoms with Crippen LogP contribution in [0, 0.1) is 0 Å². The number of carbonyl (C=O) groups is 2. The fourth-order valence-corrected chi connectivity index (χ4v) is 4.11. The monoisotopic (exact) mass is 465 g/mol. The highest BCUT2D eigenvalue weighted by molar-refractivity contribution is 9.10. The number of rotatable bonds is 6. The van der Waals surface area contributed by atoms with E-state index < -0.39 is 18.6 Å². The molecule has 0 fully saturated rings. The molecule has 1 amide bonds. The summed E-state index contributed by atoms with van der Waals surface area (Å²) >= 11 is 3.37. The summed E-state index contributed by atoms with van der Waals surface area (Å²) in [5.41, 5.74) is 5.35. The summed E-state index contributed by atoms with van der Waals surface area (Å²) in [5.74, 6) is -1.15. The highest BCUT2D eigenvalue weighted by Gasteiger charge is 2.30. The number of ether oxygens (including phenoxy) is 1. The molecule has 0 spiro atoms. The predicted octanol–water partition coefficient (Wildman–Crippen LogP) is 5.28. The lowest BCUT2D eigenvalue weighted by molar-refractivity contribution is -0.138. The first kappa shape index (κ1) is 20.2. The summed E-state index contributed by atoms with van der Waals surface area (Å²) in [6, 6.07) is 23.6. The molecule has 1 aliphatic carbocycles. The summed E-state index contributed by atoms with van der Waals surface area (Å²) in [5, 5.41) is 9.24. The van der Waals surface area contributed by atoms with Gasteiger partial charge in [-0.05, 0) is 39.9 Å². The number of fused-ring (bicyclic) bond motifs is 3. The van der Waals surface area contributed by atoms with Crippen molar-refractivity contribution < 1.29 is 19.4 Å². The van der Waals surface area contributed by atoms with Gasteiger partial charge in [0.05, 0.1) is 0 Å². The molecule has 0 aromatic heterocycles. The number of carboxylic acids is 1. The van der Waals surface area contributed by atoms with Crippen molar-refractivity contribution in [3.8, 4) is 11.1 Å². The molecule has 1 aliphatic rings. The molecule has 0 radical (unpaired) electrons. The van der Waals surface area contributed by atoms with Crippen LogP contribution in [-0.2, 0) is 16.1 Å². The van der Waals surface area contributed by atoms with Crippen molar-refractivity contribution in [3.05, 3.63) is 94.0 Å². The largest absolute Gasteiger partial charge is 0.480 e. The van der Waals surface area contributed by atoms with Gasteiger partial charge < -0.3 is 9.84 Å². The Balaban J connectivity index is 1.50. The van der Waals surface area contributed by atoms with Crippen LogP contribution in [0.4, 0.5) is 4.79 Å². The number of aliphatic carboxylic acids is 1. The van der Waals surface area contributed by atoms with E-state index in [4.69, 9.17) is 4.74 Å². The molecule has 152 valence electrons. The lowest BCUT2D eigenvalue weighted by Crippen LogP contribution is -2.36. The molecule has 0 unspecified atom stereocenters. The Kier molecular flexibility index (Phi) is 5.86. The molecule has 0 saturated heterocycles. The molecular formula is C24H20BrNO4. The van der Waals surface area contributed by atoms with Crippen LogP contribution in [0.1, 0.15) is 22.6 Å². The maximum atomic E-state index is 12.8. The predicted molar refractivity (Wildman–Crippen MR) is 117 cm³/mol. The first-order valence-corrected chi connectivity index (χ1v) is 10.4. The van der Waals surface area contributed by atoms with Crippen LogP contribution in [0.3, 0.4) is 0 Å². The van der Waals surface area contributed by atoms with Crippen molar-refractivity contribution >= 4 is 28.0 Å². The zero-order chi connectivity index (χ0) is 21.1. The van der Waals surface area contributed by atoms with Crippen molar-refractivity contribution in [1.82, 2.24) is 4.90 Å². The molecule has 0 atom stereocenters. The van der Waals surface area contributed by atoms with E-state index in [0.29, 0.717) is 0 Å². The second-order valence-electron chi connectivity index (χ2n) is 7.18. The molecule has 5 nitrogen and oxygen atoms in total. The van der Waals surface area contributed by atoms with Gasteiger partial charge in [0.1, 0.15) is 13.2 Å². The minimum atomic E-state index is -1.08. The molecule has 1 N–H and O–H groups in total. The molecule has 0 bridgehead atoms. The third-order valence-electron chi connectivity index (χ3n) is 5.21. The molecule has 4 rings (SSSR count). The van der Waals surface area contributed by atoms with Crippen molar-refractivity contribution in [1.29, 1.82) is 0 Å². The Morgan fingerprint density at radius 3 is 2.03 bits per heavy atom. The van der Waals surface area contributed by atoms with Crippen LogP contribution < -0.4 is 0 Å². The fourth-order valence-electron chi connectivity index (χ4n) is 3.84. The molecule has 30 heavy (non-hydrogen) atoms. The fraction of sp³-hybridized carbons (Fsp3) is 0.167. The van der Waals surface area contributed by atoms with Gasteiger partial charge in [-0.1, -0.05) is 76.6 Å². The molecule has 0 saturated carbocycles. The normalized spacial score (nSPS) is 12.2. The lowest BCUT2D eigenvalue weighted by atomic mass is 9.98. The highest BCUT2D eigenvalue weighted by atomic mass is 79.9. The number of nitrogens with zero attached hydrogens (tertiary/aromatic N) is 1. The Labute approximate surface area is 183 Å². The van der Waals surface area contributed by atoms with Gasteiger partial charge in [0, 0.05) is 16.9 Å². The first-order chi connectivity index (χ1) is 14.5. The Hall–Kier alpha value is -3.12. The summed E-state index contributed by atoms with van der Waals surface area (Å²) in [4.78, 5) is 25.3. The van der Waals surface area contributed by atoms with Gasteiger partial charge in [-0.2, -0.15) is 0 Å². The number of hydrogen-bond donors (Lipinski definition) is 1. The van der Waals surface area contributed by atoms with Gasteiger partial charge >= 0.3 is 12.1 Å². The Morgan fingerprint density at radius 1 is 0.900 bits per heavy atom. The number of benzene rings is 3. The van der Waals surface area contributed by atoms with Crippen molar-refractivity contribution in [2.75, 3.05) is 13.2 Å². The van der Waals surface area contributed by atoms with E-state index >= 15 is 0 Å². The van der Waals surface area contributed by atoms with E-state index in [0.717, 1.165) is 32.3 Å².